The van der Waals surface area contributed by atoms with E-state index in [0.29, 0.717) is 13.1 Å². The Labute approximate surface area is 178 Å². The van der Waals surface area contributed by atoms with E-state index in [9.17, 15) is 9.59 Å². The minimum atomic E-state index is -0.508. The number of carbonyl (C=O) groups is 2. The summed E-state index contributed by atoms with van der Waals surface area (Å²) in [6.45, 7) is 6.09. The van der Waals surface area contributed by atoms with E-state index >= 15 is 0 Å². The number of nitrogens with zero attached hydrogens (tertiary/aromatic N) is 1. The Morgan fingerprint density at radius 2 is 1.73 bits per heavy atom. The average Bonchev–Trinajstić information content (AvgIpc) is 2.76. The van der Waals surface area contributed by atoms with Gasteiger partial charge in [0.25, 0.3) is 5.91 Å². The lowest BCUT2D eigenvalue weighted by Crippen LogP contribution is -3.09. The highest BCUT2D eigenvalue weighted by Gasteiger charge is 2.31. The molecule has 2 aromatic carbocycles. The van der Waals surface area contributed by atoms with E-state index in [2.05, 4.69) is 27.7 Å². The van der Waals surface area contributed by atoms with Crippen LogP contribution in [0.4, 0.5) is 10.5 Å². The Hall–Kier alpha value is -2.90. The number of amides is 3. The van der Waals surface area contributed by atoms with E-state index in [1.807, 2.05) is 56.4 Å². The van der Waals surface area contributed by atoms with Crippen LogP contribution in [0.2, 0.25) is 0 Å². The van der Waals surface area contributed by atoms with E-state index in [4.69, 9.17) is 4.74 Å². The van der Waals surface area contributed by atoms with E-state index < -0.39 is 12.1 Å². The van der Waals surface area contributed by atoms with Crippen LogP contribution in [0.25, 0.3) is 0 Å². The fraction of sp³-hybridized carbons (Fsp3) is 0.391. The molecule has 1 saturated heterocycles. The molecule has 2 atom stereocenters. The number of nitrogens with one attached hydrogen (secondary N) is 3. The molecule has 3 N–H and O–H groups in total. The summed E-state index contributed by atoms with van der Waals surface area (Å²) < 4.78 is 5.49. The maximum atomic E-state index is 13.0. The predicted molar refractivity (Wildman–Crippen MR) is 116 cm³/mol. The molecular formula is C23H31N4O3+. The molecule has 0 aromatic heterocycles. The molecule has 1 heterocycles. The molecule has 1 aliphatic heterocycles. The zero-order valence-electron chi connectivity index (χ0n) is 17.7. The van der Waals surface area contributed by atoms with Crippen LogP contribution in [-0.2, 0) is 16.1 Å². The second kappa shape index (κ2) is 10.8. The Bertz CT molecular complexity index is 837. The van der Waals surface area contributed by atoms with Gasteiger partial charge in [0.15, 0.2) is 6.04 Å². The topological polar surface area (TPSA) is 75.1 Å². The molecule has 3 rings (SSSR count). The third kappa shape index (κ3) is 5.58. The molecule has 0 aliphatic carbocycles. The molecular weight excluding hydrogens is 380 g/mol. The molecule has 0 saturated carbocycles. The van der Waals surface area contributed by atoms with Gasteiger partial charge in [-0.1, -0.05) is 48.5 Å². The van der Waals surface area contributed by atoms with Crippen molar-refractivity contribution in [3.63, 3.8) is 0 Å². The van der Waals surface area contributed by atoms with E-state index in [0.717, 1.165) is 36.8 Å². The minimum Gasteiger partial charge on any atom is -0.378 e. The van der Waals surface area contributed by atoms with Crippen molar-refractivity contribution >= 4 is 17.6 Å². The smallest absolute Gasteiger partial charge is 0.321 e. The van der Waals surface area contributed by atoms with Crippen molar-refractivity contribution < 1.29 is 19.2 Å². The molecule has 7 nitrogen and oxygen atoms in total. The lowest BCUT2D eigenvalue weighted by molar-refractivity contribution is -0.916. The molecule has 2 unspecified atom stereocenters. The zero-order chi connectivity index (χ0) is 21.3. The van der Waals surface area contributed by atoms with Crippen LogP contribution in [-0.4, -0.2) is 51.8 Å². The third-order valence-electron chi connectivity index (χ3n) is 5.27. The summed E-state index contributed by atoms with van der Waals surface area (Å²) in [4.78, 5) is 28.3. The number of anilines is 1. The molecule has 160 valence electrons. The molecule has 0 bridgehead atoms. The van der Waals surface area contributed by atoms with Gasteiger partial charge in [-0.05, 0) is 13.0 Å². The first kappa shape index (κ1) is 21.8. The van der Waals surface area contributed by atoms with Crippen molar-refractivity contribution in [1.29, 1.82) is 0 Å². The SMILES string of the molecule is CCNC(=O)NC(=O)C(c1ccccc1)[NH+](C)Cc1ccccc1N1CCOCC1. The first-order valence-electron chi connectivity index (χ1n) is 10.5. The number of carbonyl (C=O) groups excluding carboxylic acids is 2. The molecule has 0 radical (unpaired) electrons. The zero-order valence-corrected chi connectivity index (χ0v) is 17.7. The number of para-hydroxylation sites is 1. The van der Waals surface area contributed by atoms with E-state index in [-0.39, 0.29) is 5.91 Å². The van der Waals surface area contributed by atoms with Crippen LogP contribution >= 0.6 is 0 Å². The lowest BCUT2D eigenvalue weighted by Gasteiger charge is -2.31. The van der Waals surface area contributed by atoms with Gasteiger partial charge in [-0.3, -0.25) is 10.1 Å². The maximum absolute atomic E-state index is 13.0. The number of ether oxygens (including phenoxy) is 1. The number of hydrogen-bond acceptors (Lipinski definition) is 4. The van der Waals surface area contributed by atoms with Crippen molar-refractivity contribution in [2.75, 3.05) is 44.8 Å². The lowest BCUT2D eigenvalue weighted by atomic mass is 10.0. The quantitative estimate of drug-likeness (QED) is 0.639. The highest BCUT2D eigenvalue weighted by molar-refractivity contribution is 5.96. The fourth-order valence-corrected chi connectivity index (χ4v) is 3.87. The van der Waals surface area contributed by atoms with Gasteiger partial charge in [0.1, 0.15) is 6.54 Å². The number of urea groups is 1. The van der Waals surface area contributed by atoms with Gasteiger partial charge in [0.05, 0.1) is 20.3 Å². The summed E-state index contributed by atoms with van der Waals surface area (Å²) >= 11 is 0. The average molecular weight is 412 g/mol. The summed E-state index contributed by atoms with van der Waals surface area (Å²) in [7, 11) is 1.99. The van der Waals surface area contributed by atoms with Crippen molar-refractivity contribution in [2.45, 2.75) is 19.5 Å². The van der Waals surface area contributed by atoms with Crippen molar-refractivity contribution in [3.05, 3.63) is 65.7 Å². The number of hydrogen-bond donors (Lipinski definition) is 3. The number of benzene rings is 2. The highest BCUT2D eigenvalue weighted by atomic mass is 16.5. The first-order valence-corrected chi connectivity index (χ1v) is 10.5. The van der Waals surface area contributed by atoms with Crippen LogP contribution in [0.3, 0.4) is 0 Å². The molecule has 7 heteroatoms. The summed E-state index contributed by atoms with van der Waals surface area (Å²) in [5.41, 5.74) is 3.22. The van der Waals surface area contributed by atoms with E-state index in [1.165, 1.54) is 11.3 Å². The standard InChI is InChI=1S/C23H30N4O3/c1-3-24-23(29)25-22(28)21(18-9-5-4-6-10-18)26(2)17-19-11-7-8-12-20(19)27-13-15-30-16-14-27/h4-12,21H,3,13-17H2,1-2H3,(H2,24,25,28,29)/p+1. The van der Waals surface area contributed by atoms with Gasteiger partial charge in [0.2, 0.25) is 0 Å². The van der Waals surface area contributed by atoms with Gasteiger partial charge in [0, 0.05) is 36.4 Å². The van der Waals surface area contributed by atoms with Crippen LogP contribution in [0.5, 0.6) is 0 Å². The summed E-state index contributed by atoms with van der Waals surface area (Å²) in [6, 6.07) is 16.9. The maximum Gasteiger partial charge on any atom is 0.321 e. The Kier molecular flexibility index (Phi) is 7.82. The van der Waals surface area contributed by atoms with Gasteiger partial charge in [-0.25, -0.2) is 4.79 Å². The van der Waals surface area contributed by atoms with E-state index in [1.54, 1.807) is 0 Å². The van der Waals surface area contributed by atoms with Crippen molar-refractivity contribution in [2.24, 2.45) is 0 Å². The second-order valence-electron chi connectivity index (χ2n) is 7.44. The first-order chi connectivity index (χ1) is 14.6. The summed E-state index contributed by atoms with van der Waals surface area (Å²) in [6.07, 6.45) is 0. The summed E-state index contributed by atoms with van der Waals surface area (Å²) in [5, 5.41) is 5.11. The predicted octanol–water partition coefficient (Wildman–Crippen LogP) is 1.12. The van der Waals surface area contributed by atoms with Gasteiger partial charge in [-0.15, -0.1) is 0 Å². The number of morpholine rings is 1. The van der Waals surface area contributed by atoms with Crippen LogP contribution in [0.1, 0.15) is 24.1 Å². The number of likely N-dealkylation sites (N-methyl/N-ethyl adjacent to an activating group) is 1. The molecule has 3 amide bonds. The molecule has 30 heavy (non-hydrogen) atoms. The summed E-state index contributed by atoms with van der Waals surface area (Å²) in [5.74, 6) is -0.312. The molecule has 2 aromatic rings. The van der Waals surface area contributed by atoms with Gasteiger partial charge < -0.3 is 19.9 Å². The molecule has 1 fully saturated rings. The monoisotopic (exact) mass is 411 g/mol. The van der Waals surface area contributed by atoms with Crippen LogP contribution in [0, 0.1) is 0 Å². The van der Waals surface area contributed by atoms with Crippen LogP contribution in [0.15, 0.2) is 54.6 Å². The Morgan fingerprint density at radius 3 is 2.43 bits per heavy atom. The Morgan fingerprint density at radius 1 is 1.07 bits per heavy atom. The second-order valence-corrected chi connectivity index (χ2v) is 7.44. The number of imide groups is 1. The molecule has 1 aliphatic rings. The van der Waals surface area contributed by atoms with Gasteiger partial charge in [-0.2, -0.15) is 0 Å². The van der Waals surface area contributed by atoms with Gasteiger partial charge >= 0.3 is 6.03 Å². The Balaban J connectivity index is 1.82. The van der Waals surface area contributed by atoms with Crippen LogP contribution < -0.4 is 20.4 Å². The van der Waals surface area contributed by atoms with Crippen molar-refractivity contribution in [1.82, 2.24) is 10.6 Å². The van der Waals surface area contributed by atoms with Crippen molar-refractivity contribution in [3.8, 4) is 0 Å². The minimum absolute atomic E-state index is 0.312. The number of rotatable bonds is 7. The number of quaternary nitrogens is 1. The largest absolute Gasteiger partial charge is 0.378 e. The normalized spacial score (nSPS) is 15.9. The molecule has 0 spiro atoms. The highest BCUT2D eigenvalue weighted by Crippen LogP contribution is 2.21. The fourth-order valence-electron chi connectivity index (χ4n) is 3.87. The third-order valence-corrected chi connectivity index (χ3v) is 5.27.